The molecule has 3 nitrogen and oxygen atoms in total. The zero-order valence-corrected chi connectivity index (χ0v) is 8.45. The Kier molecular flexibility index (Phi) is 2.08. The highest BCUT2D eigenvalue weighted by Gasteiger charge is 2.58. The number of rotatable bonds is 2. The second-order valence-corrected chi connectivity index (χ2v) is 4.91. The summed E-state index contributed by atoms with van der Waals surface area (Å²) in [6.45, 7) is 1.88. The van der Waals surface area contributed by atoms with Crippen molar-refractivity contribution < 1.29 is 14.6 Å². The molecule has 2 saturated carbocycles. The van der Waals surface area contributed by atoms with Crippen molar-refractivity contribution in [1.29, 1.82) is 0 Å². The van der Waals surface area contributed by atoms with Gasteiger partial charge in [-0.15, -0.1) is 0 Å². The van der Waals surface area contributed by atoms with Crippen LogP contribution < -0.4 is 0 Å². The molecule has 3 heteroatoms. The van der Waals surface area contributed by atoms with Gasteiger partial charge in [0.25, 0.3) is 0 Å². The second kappa shape index (κ2) is 3.19. The summed E-state index contributed by atoms with van der Waals surface area (Å²) in [6, 6.07) is 0. The van der Waals surface area contributed by atoms with Crippen LogP contribution in [0.15, 0.2) is 0 Å². The largest absolute Gasteiger partial charge is 0.396 e. The molecule has 2 bridgehead atoms. The SMILES string of the molecule is OCCC1CC2CC1CC21OCCO1. The number of aliphatic hydroxyl groups is 1. The summed E-state index contributed by atoms with van der Waals surface area (Å²) in [5.74, 6) is 1.87. The van der Waals surface area contributed by atoms with Crippen molar-refractivity contribution >= 4 is 0 Å². The molecule has 0 amide bonds. The molecule has 1 saturated heterocycles. The maximum absolute atomic E-state index is 8.95. The molecule has 3 atom stereocenters. The zero-order valence-electron chi connectivity index (χ0n) is 8.45. The minimum atomic E-state index is -0.198. The topological polar surface area (TPSA) is 38.7 Å². The lowest BCUT2D eigenvalue weighted by atomic mass is 9.83. The molecule has 3 fully saturated rings. The van der Waals surface area contributed by atoms with Gasteiger partial charge >= 0.3 is 0 Å². The minimum absolute atomic E-state index is 0.198. The van der Waals surface area contributed by atoms with Gasteiger partial charge in [-0.1, -0.05) is 0 Å². The predicted molar refractivity (Wildman–Crippen MR) is 50.7 cm³/mol. The molecule has 1 heterocycles. The van der Waals surface area contributed by atoms with Crippen molar-refractivity contribution in [2.75, 3.05) is 19.8 Å². The summed E-state index contributed by atoms with van der Waals surface area (Å²) < 4.78 is 11.6. The Morgan fingerprint density at radius 3 is 2.57 bits per heavy atom. The van der Waals surface area contributed by atoms with Gasteiger partial charge in [-0.2, -0.15) is 0 Å². The third-order valence-electron chi connectivity index (χ3n) is 4.29. The smallest absolute Gasteiger partial charge is 0.171 e. The zero-order chi connectivity index (χ0) is 9.60. The van der Waals surface area contributed by atoms with E-state index < -0.39 is 0 Å². The van der Waals surface area contributed by atoms with E-state index in [1.807, 2.05) is 0 Å². The molecule has 0 aromatic heterocycles. The average Bonchev–Trinajstić information content (AvgIpc) is 2.83. The fourth-order valence-electron chi connectivity index (χ4n) is 3.70. The minimum Gasteiger partial charge on any atom is -0.396 e. The van der Waals surface area contributed by atoms with Crippen LogP contribution in [0.25, 0.3) is 0 Å². The van der Waals surface area contributed by atoms with E-state index in [1.165, 1.54) is 12.8 Å². The second-order valence-electron chi connectivity index (χ2n) is 4.91. The molecule has 1 aliphatic heterocycles. The maximum atomic E-state index is 8.95. The lowest BCUT2D eigenvalue weighted by Crippen LogP contribution is -2.38. The molecule has 0 aromatic rings. The summed E-state index contributed by atoms with van der Waals surface area (Å²) in [7, 11) is 0. The first-order valence-corrected chi connectivity index (χ1v) is 5.73. The van der Waals surface area contributed by atoms with Crippen LogP contribution in [-0.2, 0) is 9.47 Å². The molecule has 1 spiro atoms. The van der Waals surface area contributed by atoms with Crippen LogP contribution >= 0.6 is 0 Å². The highest BCUT2D eigenvalue weighted by molar-refractivity contribution is 5.02. The Morgan fingerprint density at radius 2 is 2.00 bits per heavy atom. The summed E-state index contributed by atoms with van der Waals surface area (Å²) in [4.78, 5) is 0. The summed E-state index contributed by atoms with van der Waals surface area (Å²) in [5.41, 5.74) is 0. The maximum Gasteiger partial charge on any atom is 0.171 e. The van der Waals surface area contributed by atoms with Gasteiger partial charge in [0.2, 0.25) is 0 Å². The van der Waals surface area contributed by atoms with Crippen LogP contribution in [-0.4, -0.2) is 30.7 Å². The van der Waals surface area contributed by atoms with Gasteiger partial charge in [0.05, 0.1) is 13.2 Å². The van der Waals surface area contributed by atoms with E-state index in [-0.39, 0.29) is 5.79 Å². The highest BCUT2D eigenvalue weighted by atomic mass is 16.7. The third kappa shape index (κ3) is 1.16. The van der Waals surface area contributed by atoms with Gasteiger partial charge in [0.15, 0.2) is 5.79 Å². The van der Waals surface area contributed by atoms with Crippen molar-refractivity contribution in [3.63, 3.8) is 0 Å². The van der Waals surface area contributed by atoms with Gasteiger partial charge < -0.3 is 14.6 Å². The van der Waals surface area contributed by atoms with Gasteiger partial charge in [-0.3, -0.25) is 0 Å². The molecule has 3 aliphatic rings. The first-order valence-electron chi connectivity index (χ1n) is 5.73. The molecule has 3 rings (SSSR count). The van der Waals surface area contributed by atoms with E-state index in [0.717, 1.165) is 37.9 Å². The quantitative estimate of drug-likeness (QED) is 0.723. The highest BCUT2D eigenvalue weighted by Crippen LogP contribution is 2.57. The number of hydrogen-bond donors (Lipinski definition) is 1. The molecule has 3 unspecified atom stereocenters. The van der Waals surface area contributed by atoms with Crippen LogP contribution in [0.5, 0.6) is 0 Å². The van der Waals surface area contributed by atoms with Gasteiger partial charge in [0, 0.05) is 18.9 Å². The lowest BCUT2D eigenvalue weighted by molar-refractivity contribution is -0.195. The Bertz CT molecular complexity index is 223. The van der Waals surface area contributed by atoms with Crippen LogP contribution in [0.4, 0.5) is 0 Å². The number of hydrogen-bond acceptors (Lipinski definition) is 3. The number of ether oxygens (including phenoxy) is 2. The van der Waals surface area contributed by atoms with Gasteiger partial charge in [-0.05, 0) is 31.1 Å². The Labute approximate surface area is 84.4 Å². The van der Waals surface area contributed by atoms with Crippen molar-refractivity contribution in [1.82, 2.24) is 0 Å². The van der Waals surface area contributed by atoms with Crippen LogP contribution in [0.2, 0.25) is 0 Å². The first-order chi connectivity index (χ1) is 6.84. The van der Waals surface area contributed by atoms with Crippen molar-refractivity contribution in [2.24, 2.45) is 17.8 Å². The standard InChI is InChI=1S/C11H18O3/c12-2-1-8-5-10-6-9(8)7-11(10)13-3-4-14-11/h8-10,12H,1-7H2. The van der Waals surface area contributed by atoms with Crippen LogP contribution in [0, 0.1) is 17.8 Å². The normalized spacial score (nSPS) is 43.9. The Balaban J connectivity index is 1.70. The van der Waals surface area contributed by atoms with E-state index >= 15 is 0 Å². The Hall–Kier alpha value is -0.120. The van der Waals surface area contributed by atoms with Gasteiger partial charge in [-0.25, -0.2) is 0 Å². The predicted octanol–water partition coefficient (Wildman–Crippen LogP) is 1.16. The Morgan fingerprint density at radius 1 is 1.21 bits per heavy atom. The molecule has 0 radical (unpaired) electrons. The fourth-order valence-corrected chi connectivity index (χ4v) is 3.70. The molecule has 80 valence electrons. The monoisotopic (exact) mass is 198 g/mol. The lowest BCUT2D eigenvalue weighted by Gasteiger charge is -2.34. The molecular formula is C11H18O3. The summed E-state index contributed by atoms with van der Waals surface area (Å²) in [5, 5.41) is 8.95. The third-order valence-corrected chi connectivity index (χ3v) is 4.29. The number of fused-ring (bicyclic) bond motifs is 3. The molecule has 2 aliphatic carbocycles. The van der Waals surface area contributed by atoms with E-state index in [2.05, 4.69) is 0 Å². The fraction of sp³-hybridized carbons (Fsp3) is 1.00. The summed E-state index contributed by atoms with van der Waals surface area (Å²) in [6.07, 6.45) is 4.50. The van der Waals surface area contributed by atoms with Crippen molar-refractivity contribution in [2.45, 2.75) is 31.5 Å². The molecular weight excluding hydrogens is 180 g/mol. The van der Waals surface area contributed by atoms with E-state index in [4.69, 9.17) is 14.6 Å². The molecule has 14 heavy (non-hydrogen) atoms. The first kappa shape index (κ1) is 9.13. The van der Waals surface area contributed by atoms with E-state index in [1.54, 1.807) is 0 Å². The van der Waals surface area contributed by atoms with E-state index in [9.17, 15) is 0 Å². The van der Waals surface area contributed by atoms with Crippen molar-refractivity contribution in [3.8, 4) is 0 Å². The van der Waals surface area contributed by atoms with Crippen LogP contribution in [0.1, 0.15) is 25.7 Å². The molecule has 0 aromatic carbocycles. The number of aliphatic hydroxyl groups excluding tert-OH is 1. The molecule has 1 N–H and O–H groups in total. The summed E-state index contributed by atoms with van der Waals surface area (Å²) >= 11 is 0. The van der Waals surface area contributed by atoms with Crippen LogP contribution in [0.3, 0.4) is 0 Å². The van der Waals surface area contributed by atoms with Gasteiger partial charge in [0.1, 0.15) is 0 Å². The van der Waals surface area contributed by atoms with E-state index in [0.29, 0.717) is 12.5 Å². The van der Waals surface area contributed by atoms with Crippen molar-refractivity contribution in [3.05, 3.63) is 0 Å². The average molecular weight is 198 g/mol.